The predicted molar refractivity (Wildman–Crippen MR) is 115 cm³/mol. The maximum atomic E-state index is 11.7. The van der Waals surface area contributed by atoms with E-state index < -0.39 is 25.5 Å². The highest BCUT2D eigenvalue weighted by molar-refractivity contribution is 9.09. The Kier molecular flexibility index (Phi) is 20.2. The van der Waals surface area contributed by atoms with Crippen LogP contribution in [0.5, 0.6) is 0 Å². The van der Waals surface area contributed by atoms with Gasteiger partial charge in [-0.1, -0.05) is 99.9 Å². The minimum atomic E-state index is -2.70. The van der Waals surface area contributed by atoms with Crippen LogP contribution in [0.3, 0.4) is 0 Å². The molecule has 2 N–H and O–H groups in total. The molecule has 0 bridgehead atoms. The van der Waals surface area contributed by atoms with Gasteiger partial charge in [0, 0.05) is 17.4 Å². The number of aliphatic hydroxyl groups is 1. The molecular formula is C20H39BrO6P+. The molecule has 3 unspecified atom stereocenters. The highest BCUT2D eigenvalue weighted by Gasteiger charge is 2.22. The van der Waals surface area contributed by atoms with Crippen molar-refractivity contribution in [1.29, 1.82) is 0 Å². The van der Waals surface area contributed by atoms with E-state index in [2.05, 4.69) is 27.4 Å². The summed E-state index contributed by atoms with van der Waals surface area (Å²) in [6, 6.07) is 0. The van der Waals surface area contributed by atoms with Crippen molar-refractivity contribution in [2.75, 3.05) is 0 Å². The van der Waals surface area contributed by atoms with Crippen LogP contribution < -0.4 is 0 Å². The summed E-state index contributed by atoms with van der Waals surface area (Å²) in [7, 11) is -2.70. The Morgan fingerprint density at radius 3 is 1.82 bits per heavy atom. The van der Waals surface area contributed by atoms with E-state index in [1.807, 2.05) is 0 Å². The molecule has 0 aliphatic carbocycles. The summed E-state index contributed by atoms with van der Waals surface area (Å²) in [6.45, 7) is 2.25. The third kappa shape index (κ3) is 20.7. The highest BCUT2D eigenvalue weighted by Crippen LogP contribution is 2.24. The Balaban J connectivity index is 3.39. The molecule has 0 aromatic heterocycles. The number of carbonyl (C=O) groups is 1. The van der Waals surface area contributed by atoms with E-state index >= 15 is 0 Å². The van der Waals surface area contributed by atoms with E-state index in [1.165, 1.54) is 64.2 Å². The van der Waals surface area contributed by atoms with Gasteiger partial charge >= 0.3 is 14.2 Å². The first kappa shape index (κ1) is 27.9. The van der Waals surface area contributed by atoms with E-state index in [0.29, 0.717) is 6.42 Å². The van der Waals surface area contributed by atoms with Crippen molar-refractivity contribution in [3.05, 3.63) is 0 Å². The standard InChI is InChI=1S/C20H38BrO6P/c1-2-3-4-5-6-7-8-9-10-11-12-13-14-15-19(22)26-20(23)17-16-18(21)27-28(24)25/h18,20,23H,2-17H2,1H3/p+1. The van der Waals surface area contributed by atoms with Crippen LogP contribution in [0.2, 0.25) is 0 Å². The molecule has 0 aliphatic rings. The molecule has 166 valence electrons. The van der Waals surface area contributed by atoms with Crippen LogP contribution in [0.25, 0.3) is 0 Å². The van der Waals surface area contributed by atoms with Gasteiger partial charge in [0.15, 0.2) is 5.01 Å². The fourth-order valence-electron chi connectivity index (χ4n) is 2.98. The van der Waals surface area contributed by atoms with Crippen molar-refractivity contribution >= 4 is 30.2 Å². The van der Waals surface area contributed by atoms with Crippen LogP contribution in [-0.4, -0.2) is 27.3 Å². The summed E-state index contributed by atoms with van der Waals surface area (Å²) in [5.41, 5.74) is 0. The smallest absolute Gasteiger partial charge is 0.436 e. The Bertz CT molecular complexity index is 397. The van der Waals surface area contributed by atoms with Crippen LogP contribution in [0.1, 0.15) is 110 Å². The molecule has 0 aromatic carbocycles. The number of halogens is 1. The Labute approximate surface area is 179 Å². The molecule has 0 saturated carbocycles. The molecule has 0 amide bonds. The minimum absolute atomic E-state index is 0.142. The van der Waals surface area contributed by atoms with E-state index in [-0.39, 0.29) is 12.8 Å². The molecule has 8 heteroatoms. The van der Waals surface area contributed by atoms with Gasteiger partial charge in [-0.15, -0.1) is 9.42 Å². The molecular weight excluding hydrogens is 447 g/mol. The van der Waals surface area contributed by atoms with Crippen molar-refractivity contribution in [2.24, 2.45) is 0 Å². The fourth-order valence-corrected chi connectivity index (χ4v) is 3.98. The van der Waals surface area contributed by atoms with Crippen molar-refractivity contribution in [3.8, 4) is 0 Å². The Morgan fingerprint density at radius 1 is 0.893 bits per heavy atom. The summed E-state index contributed by atoms with van der Waals surface area (Å²) in [4.78, 5) is 20.3. The molecule has 0 heterocycles. The van der Waals surface area contributed by atoms with Gasteiger partial charge in [-0.3, -0.25) is 4.79 Å². The number of rotatable bonds is 20. The van der Waals surface area contributed by atoms with Crippen molar-refractivity contribution in [3.63, 3.8) is 0 Å². The third-order valence-corrected chi connectivity index (χ3v) is 5.97. The number of hydrogen-bond donors (Lipinski definition) is 2. The van der Waals surface area contributed by atoms with E-state index in [0.717, 1.165) is 19.3 Å². The average molecular weight is 486 g/mol. The second-order valence-corrected chi connectivity index (χ2v) is 8.98. The SMILES string of the molecule is CCCCCCCCCCCCCCCC(=O)OC(O)CCC(Br)O[P+](=O)O. The molecule has 0 aromatic rings. The molecule has 0 radical (unpaired) electrons. The van der Waals surface area contributed by atoms with Crippen LogP contribution in [0.4, 0.5) is 0 Å². The maximum Gasteiger partial charge on any atom is 0.695 e. The fraction of sp³-hybridized carbons (Fsp3) is 0.950. The highest BCUT2D eigenvalue weighted by atomic mass is 79.9. The van der Waals surface area contributed by atoms with Gasteiger partial charge < -0.3 is 9.84 Å². The number of carbonyl (C=O) groups excluding carboxylic acids is 1. The lowest BCUT2D eigenvalue weighted by Crippen LogP contribution is -2.18. The second-order valence-electron chi connectivity index (χ2n) is 7.27. The largest absolute Gasteiger partial charge is 0.695 e. The van der Waals surface area contributed by atoms with Gasteiger partial charge in [0.25, 0.3) is 0 Å². The lowest BCUT2D eigenvalue weighted by molar-refractivity contribution is -0.169. The molecule has 6 nitrogen and oxygen atoms in total. The van der Waals surface area contributed by atoms with Gasteiger partial charge in [-0.25, -0.2) is 0 Å². The Morgan fingerprint density at radius 2 is 1.36 bits per heavy atom. The van der Waals surface area contributed by atoms with Gasteiger partial charge in [-0.2, -0.15) is 0 Å². The molecule has 0 aliphatic heterocycles. The monoisotopic (exact) mass is 485 g/mol. The summed E-state index contributed by atoms with van der Waals surface area (Å²) in [5, 5.41) is 8.99. The van der Waals surface area contributed by atoms with Crippen molar-refractivity contribution < 1.29 is 28.6 Å². The molecule has 0 fully saturated rings. The third-order valence-electron chi connectivity index (χ3n) is 4.60. The van der Waals surface area contributed by atoms with Gasteiger partial charge in [0.1, 0.15) is 0 Å². The maximum absolute atomic E-state index is 11.7. The van der Waals surface area contributed by atoms with E-state index in [1.54, 1.807) is 0 Å². The van der Waals surface area contributed by atoms with E-state index in [9.17, 15) is 14.5 Å². The Hall–Kier alpha value is -0.0700. The van der Waals surface area contributed by atoms with Gasteiger partial charge in [0.05, 0.1) is 0 Å². The second kappa shape index (κ2) is 20.2. The molecule has 0 rings (SSSR count). The average Bonchev–Trinajstić information content (AvgIpc) is 2.63. The first-order valence-electron chi connectivity index (χ1n) is 10.8. The molecule has 0 saturated heterocycles. The summed E-state index contributed by atoms with van der Waals surface area (Å²) in [6.07, 6.45) is 15.7. The van der Waals surface area contributed by atoms with Crippen LogP contribution >= 0.6 is 24.2 Å². The van der Waals surface area contributed by atoms with E-state index in [4.69, 9.17) is 9.63 Å². The normalized spacial score (nSPS) is 13.9. The summed E-state index contributed by atoms with van der Waals surface area (Å²) in [5.74, 6) is -0.407. The van der Waals surface area contributed by atoms with Crippen LogP contribution in [0, 0.1) is 0 Å². The number of aliphatic hydroxyl groups excluding tert-OH is 1. The van der Waals surface area contributed by atoms with Gasteiger partial charge in [-0.05, 0) is 12.8 Å². The molecule has 0 spiro atoms. The summed E-state index contributed by atoms with van der Waals surface area (Å²) < 4.78 is 20.0. The zero-order chi connectivity index (χ0) is 21.0. The quantitative estimate of drug-likeness (QED) is 0.0671. The zero-order valence-corrected chi connectivity index (χ0v) is 19.8. The lowest BCUT2D eigenvalue weighted by Gasteiger charge is -2.12. The summed E-state index contributed by atoms with van der Waals surface area (Å²) >= 11 is 3.05. The minimum Gasteiger partial charge on any atom is -0.436 e. The lowest BCUT2D eigenvalue weighted by atomic mass is 10.0. The zero-order valence-electron chi connectivity index (χ0n) is 17.3. The predicted octanol–water partition coefficient (Wildman–Crippen LogP) is 6.50. The first-order chi connectivity index (χ1) is 13.5. The number of ether oxygens (including phenoxy) is 1. The van der Waals surface area contributed by atoms with Crippen molar-refractivity contribution in [2.45, 2.75) is 121 Å². The number of esters is 1. The number of unbranched alkanes of at least 4 members (excludes halogenated alkanes) is 12. The topological polar surface area (TPSA) is 93.1 Å². The number of alkyl halides is 1. The van der Waals surface area contributed by atoms with Crippen LogP contribution in [-0.2, 0) is 18.6 Å². The van der Waals surface area contributed by atoms with Gasteiger partial charge in [0.2, 0.25) is 6.29 Å². The molecule has 28 heavy (non-hydrogen) atoms. The first-order valence-corrected chi connectivity index (χ1v) is 12.8. The van der Waals surface area contributed by atoms with Crippen molar-refractivity contribution in [1.82, 2.24) is 0 Å². The molecule has 3 atom stereocenters. The van der Waals surface area contributed by atoms with Crippen LogP contribution in [0.15, 0.2) is 0 Å². The number of hydrogen-bond acceptors (Lipinski definition) is 5.